The minimum atomic E-state index is 0.609. The fourth-order valence-electron chi connectivity index (χ4n) is 2.05. The van der Waals surface area contributed by atoms with Gasteiger partial charge in [-0.25, -0.2) is 0 Å². The minimum absolute atomic E-state index is 0.609. The maximum atomic E-state index is 2.39. The molecule has 0 spiro atoms. The van der Waals surface area contributed by atoms with Gasteiger partial charge in [0.1, 0.15) is 0 Å². The molecule has 0 heterocycles. The van der Waals surface area contributed by atoms with Crippen molar-refractivity contribution >= 4 is 0 Å². The van der Waals surface area contributed by atoms with Crippen LogP contribution in [0.1, 0.15) is 46.0 Å². The van der Waals surface area contributed by atoms with Gasteiger partial charge in [0.05, 0.1) is 0 Å². The summed E-state index contributed by atoms with van der Waals surface area (Å²) in [5.74, 6) is 0. The van der Waals surface area contributed by atoms with Gasteiger partial charge in [0.15, 0.2) is 0 Å². The molecule has 0 aromatic rings. The SMILES string of the molecule is CC1(C)CCC(=C2C=CC2)CC1. The molecule has 2 aliphatic carbocycles. The first-order valence-electron chi connectivity index (χ1n) is 5.05. The normalized spacial score (nSPS) is 27.2. The van der Waals surface area contributed by atoms with Crippen LogP contribution in [0.4, 0.5) is 0 Å². The molecule has 0 radical (unpaired) electrons. The summed E-state index contributed by atoms with van der Waals surface area (Å²) in [5.41, 5.74) is 4.00. The van der Waals surface area contributed by atoms with E-state index < -0.39 is 0 Å². The first kappa shape index (κ1) is 8.10. The largest absolute Gasteiger partial charge is 0.0799 e. The van der Waals surface area contributed by atoms with Crippen molar-refractivity contribution in [1.82, 2.24) is 0 Å². The minimum Gasteiger partial charge on any atom is -0.0799 e. The average Bonchev–Trinajstić information content (AvgIpc) is 1.89. The van der Waals surface area contributed by atoms with Gasteiger partial charge in [-0.1, -0.05) is 31.6 Å². The number of hydrogen-bond donors (Lipinski definition) is 0. The summed E-state index contributed by atoms with van der Waals surface area (Å²) < 4.78 is 0. The van der Waals surface area contributed by atoms with E-state index in [1.54, 1.807) is 11.1 Å². The lowest BCUT2D eigenvalue weighted by atomic mass is 9.73. The van der Waals surface area contributed by atoms with Crippen LogP contribution in [0.2, 0.25) is 0 Å². The Hall–Kier alpha value is -0.520. The van der Waals surface area contributed by atoms with Crippen molar-refractivity contribution in [2.75, 3.05) is 0 Å². The van der Waals surface area contributed by atoms with Crippen molar-refractivity contribution < 1.29 is 0 Å². The topological polar surface area (TPSA) is 0 Å². The third kappa shape index (κ3) is 1.48. The molecule has 0 atom stereocenters. The Labute approximate surface area is 75.4 Å². The molecule has 2 aliphatic rings. The number of hydrogen-bond acceptors (Lipinski definition) is 0. The molecule has 1 saturated carbocycles. The van der Waals surface area contributed by atoms with Gasteiger partial charge < -0.3 is 0 Å². The van der Waals surface area contributed by atoms with Gasteiger partial charge in [0, 0.05) is 0 Å². The lowest BCUT2D eigenvalue weighted by Crippen LogP contribution is -2.17. The highest BCUT2D eigenvalue weighted by atomic mass is 14.3. The molecule has 12 heavy (non-hydrogen) atoms. The Balaban J connectivity index is 2.03. The summed E-state index contributed by atoms with van der Waals surface area (Å²) in [6, 6.07) is 0. The van der Waals surface area contributed by atoms with Crippen molar-refractivity contribution in [1.29, 1.82) is 0 Å². The molecule has 0 aromatic carbocycles. The van der Waals surface area contributed by atoms with Crippen LogP contribution in [0.15, 0.2) is 23.3 Å². The molecule has 0 N–H and O–H groups in total. The van der Waals surface area contributed by atoms with Crippen molar-refractivity contribution in [2.24, 2.45) is 5.41 Å². The maximum Gasteiger partial charge on any atom is -0.00948 e. The molecule has 0 bridgehead atoms. The molecule has 0 amide bonds. The molecule has 1 fully saturated rings. The zero-order valence-electron chi connectivity index (χ0n) is 8.19. The fourth-order valence-corrected chi connectivity index (χ4v) is 2.05. The molecule has 2 rings (SSSR count). The van der Waals surface area contributed by atoms with Gasteiger partial charge >= 0.3 is 0 Å². The van der Waals surface area contributed by atoms with Crippen LogP contribution in [0, 0.1) is 5.41 Å². The van der Waals surface area contributed by atoms with Gasteiger partial charge in [0.25, 0.3) is 0 Å². The zero-order chi connectivity index (χ0) is 8.60. The van der Waals surface area contributed by atoms with Crippen LogP contribution in [0.5, 0.6) is 0 Å². The lowest BCUT2D eigenvalue weighted by Gasteiger charge is -2.32. The van der Waals surface area contributed by atoms with Crippen molar-refractivity contribution in [2.45, 2.75) is 46.0 Å². The van der Waals surface area contributed by atoms with Gasteiger partial charge in [0.2, 0.25) is 0 Å². The molecule has 0 unspecified atom stereocenters. The van der Waals surface area contributed by atoms with E-state index in [-0.39, 0.29) is 0 Å². The molecule has 0 heteroatoms. The molecular formula is C12H18. The second kappa shape index (κ2) is 2.76. The van der Waals surface area contributed by atoms with Crippen LogP contribution in [-0.2, 0) is 0 Å². The third-order valence-electron chi connectivity index (χ3n) is 3.32. The van der Waals surface area contributed by atoms with Gasteiger partial charge in [-0.15, -0.1) is 0 Å². The molecule has 0 nitrogen and oxygen atoms in total. The first-order valence-corrected chi connectivity index (χ1v) is 5.05. The second-order valence-corrected chi connectivity index (χ2v) is 4.90. The standard InChI is InChI=1S/C12H18/c1-12(2)8-6-11(7-9-12)10-4-3-5-10/h3-4H,5-9H2,1-2H3. The van der Waals surface area contributed by atoms with E-state index >= 15 is 0 Å². The van der Waals surface area contributed by atoms with E-state index in [1.165, 1.54) is 32.1 Å². The molecule has 66 valence electrons. The van der Waals surface area contributed by atoms with Crippen LogP contribution < -0.4 is 0 Å². The average molecular weight is 162 g/mol. The maximum absolute atomic E-state index is 2.39. The van der Waals surface area contributed by atoms with Crippen molar-refractivity contribution in [3.8, 4) is 0 Å². The Bertz CT molecular complexity index is 229. The Morgan fingerprint density at radius 1 is 1.17 bits per heavy atom. The summed E-state index contributed by atoms with van der Waals surface area (Å²) in [6.07, 6.45) is 11.3. The first-order chi connectivity index (χ1) is 5.67. The Morgan fingerprint density at radius 3 is 2.17 bits per heavy atom. The predicted molar refractivity (Wildman–Crippen MR) is 53.0 cm³/mol. The highest BCUT2D eigenvalue weighted by Crippen LogP contribution is 2.40. The van der Waals surface area contributed by atoms with Crippen molar-refractivity contribution in [3.05, 3.63) is 23.3 Å². The number of allylic oxidation sites excluding steroid dienone is 4. The van der Waals surface area contributed by atoms with E-state index in [2.05, 4.69) is 26.0 Å². The Kier molecular flexibility index (Phi) is 1.86. The molecular weight excluding hydrogens is 144 g/mol. The van der Waals surface area contributed by atoms with Crippen LogP contribution in [0.25, 0.3) is 0 Å². The quantitative estimate of drug-likeness (QED) is 0.507. The third-order valence-corrected chi connectivity index (χ3v) is 3.32. The summed E-state index contributed by atoms with van der Waals surface area (Å²) >= 11 is 0. The van der Waals surface area contributed by atoms with Gasteiger partial charge in [-0.3, -0.25) is 0 Å². The summed E-state index contributed by atoms with van der Waals surface area (Å²) in [4.78, 5) is 0. The van der Waals surface area contributed by atoms with E-state index in [0.29, 0.717) is 5.41 Å². The smallest absolute Gasteiger partial charge is 0.00948 e. The summed E-state index contributed by atoms with van der Waals surface area (Å²) in [7, 11) is 0. The number of rotatable bonds is 0. The van der Waals surface area contributed by atoms with E-state index in [9.17, 15) is 0 Å². The molecule has 0 aromatic heterocycles. The lowest BCUT2D eigenvalue weighted by molar-refractivity contribution is 0.277. The highest BCUT2D eigenvalue weighted by molar-refractivity contribution is 5.36. The van der Waals surface area contributed by atoms with Gasteiger partial charge in [-0.2, -0.15) is 0 Å². The predicted octanol–water partition coefficient (Wildman–Crippen LogP) is 3.84. The summed E-state index contributed by atoms with van der Waals surface area (Å²) in [5, 5.41) is 0. The van der Waals surface area contributed by atoms with E-state index in [4.69, 9.17) is 0 Å². The van der Waals surface area contributed by atoms with Crippen molar-refractivity contribution in [3.63, 3.8) is 0 Å². The van der Waals surface area contributed by atoms with E-state index in [0.717, 1.165) is 0 Å². The molecule has 0 aliphatic heterocycles. The monoisotopic (exact) mass is 162 g/mol. The van der Waals surface area contributed by atoms with Crippen LogP contribution in [-0.4, -0.2) is 0 Å². The summed E-state index contributed by atoms with van der Waals surface area (Å²) in [6.45, 7) is 4.79. The van der Waals surface area contributed by atoms with Crippen LogP contribution in [0.3, 0.4) is 0 Å². The fraction of sp³-hybridized carbons (Fsp3) is 0.667. The molecule has 0 saturated heterocycles. The van der Waals surface area contributed by atoms with Crippen LogP contribution >= 0.6 is 0 Å². The van der Waals surface area contributed by atoms with E-state index in [1.807, 2.05) is 0 Å². The Morgan fingerprint density at radius 2 is 1.75 bits per heavy atom. The van der Waals surface area contributed by atoms with Gasteiger partial charge in [-0.05, 0) is 43.1 Å². The zero-order valence-corrected chi connectivity index (χ0v) is 8.19. The second-order valence-electron chi connectivity index (χ2n) is 4.90. The highest BCUT2D eigenvalue weighted by Gasteiger charge is 2.24.